The topological polar surface area (TPSA) is 53.6 Å². The summed E-state index contributed by atoms with van der Waals surface area (Å²) in [5.74, 6) is -0.241. The fourth-order valence-corrected chi connectivity index (χ4v) is 2.15. The molecule has 0 radical (unpaired) electrons. The van der Waals surface area contributed by atoms with Crippen molar-refractivity contribution in [3.63, 3.8) is 0 Å². The Bertz CT molecular complexity index is 534. The summed E-state index contributed by atoms with van der Waals surface area (Å²) in [6.45, 7) is 6.89. The molecule has 2 N–H and O–H groups in total. The zero-order valence-corrected chi connectivity index (χ0v) is 12.0. The van der Waals surface area contributed by atoms with E-state index in [9.17, 15) is 4.39 Å². The number of benzene rings is 1. The molecule has 0 aliphatic rings. The molecule has 102 valence electrons. The third-order valence-corrected chi connectivity index (χ3v) is 3.36. The van der Waals surface area contributed by atoms with Crippen LogP contribution in [-0.4, -0.2) is 20.7 Å². The molecule has 2 aromatic rings. The van der Waals surface area contributed by atoms with E-state index < -0.39 is 0 Å². The first-order valence-corrected chi connectivity index (χ1v) is 6.82. The van der Waals surface area contributed by atoms with Crippen molar-refractivity contribution in [1.82, 2.24) is 20.5 Å². The molecular weight excluding hydrogens is 263 g/mol. The zero-order chi connectivity index (χ0) is 13.9. The molecule has 0 spiro atoms. The molecule has 0 aliphatic carbocycles. The first-order chi connectivity index (χ1) is 8.94. The maximum absolute atomic E-state index is 14.0. The molecule has 0 atom stereocenters. The lowest BCUT2D eigenvalue weighted by Gasteiger charge is -2.20. The van der Waals surface area contributed by atoms with Crippen LogP contribution in [0.15, 0.2) is 34.6 Å². The Morgan fingerprint density at radius 3 is 2.74 bits per heavy atom. The Kier molecular flexibility index (Phi) is 4.21. The maximum atomic E-state index is 14.0. The van der Waals surface area contributed by atoms with Crippen LogP contribution < -0.4 is 5.32 Å². The fraction of sp³-hybridized carbons (Fsp3) is 0.385. The molecule has 1 aromatic heterocycles. The minimum absolute atomic E-state index is 0.0176. The molecule has 19 heavy (non-hydrogen) atoms. The molecule has 6 heteroatoms. The summed E-state index contributed by atoms with van der Waals surface area (Å²) in [7, 11) is 0. The first-order valence-electron chi connectivity index (χ1n) is 6.01. The number of hydrogen-bond acceptors (Lipinski definition) is 4. The van der Waals surface area contributed by atoms with Crippen LogP contribution in [0, 0.1) is 5.82 Å². The van der Waals surface area contributed by atoms with E-state index in [1.165, 1.54) is 18.1 Å². The summed E-state index contributed by atoms with van der Waals surface area (Å²) in [5, 5.41) is 10.3. The van der Waals surface area contributed by atoms with E-state index in [-0.39, 0.29) is 11.4 Å². The molecule has 0 bridgehead atoms. The van der Waals surface area contributed by atoms with Crippen molar-refractivity contribution in [2.24, 2.45) is 0 Å². The van der Waals surface area contributed by atoms with Gasteiger partial charge in [-0.05, 0) is 50.2 Å². The fourth-order valence-electron chi connectivity index (χ4n) is 1.45. The Labute approximate surface area is 116 Å². The smallest absolute Gasteiger partial charge is 0.188 e. The van der Waals surface area contributed by atoms with E-state index in [0.717, 1.165) is 5.56 Å². The second-order valence-corrected chi connectivity index (χ2v) is 6.29. The van der Waals surface area contributed by atoms with E-state index in [1.54, 1.807) is 12.1 Å². The Morgan fingerprint density at radius 2 is 2.16 bits per heavy atom. The van der Waals surface area contributed by atoms with Crippen molar-refractivity contribution in [1.29, 1.82) is 0 Å². The highest BCUT2D eigenvalue weighted by molar-refractivity contribution is 7.99. The normalized spacial score (nSPS) is 11.8. The van der Waals surface area contributed by atoms with Crippen LogP contribution in [0.5, 0.6) is 0 Å². The molecular formula is C13H17FN4S. The van der Waals surface area contributed by atoms with Crippen molar-refractivity contribution >= 4 is 11.8 Å². The van der Waals surface area contributed by atoms with Gasteiger partial charge in [0, 0.05) is 12.1 Å². The largest absolute Gasteiger partial charge is 0.308 e. The molecule has 0 fully saturated rings. The predicted octanol–water partition coefficient (Wildman–Crippen LogP) is 2.98. The maximum Gasteiger partial charge on any atom is 0.188 e. The predicted molar refractivity (Wildman–Crippen MR) is 73.5 cm³/mol. The number of H-pyrrole nitrogens is 1. The molecule has 0 unspecified atom stereocenters. The number of hydrogen-bond donors (Lipinski definition) is 2. The number of aromatic amines is 1. The Morgan fingerprint density at radius 1 is 1.37 bits per heavy atom. The third kappa shape index (κ3) is 4.33. The van der Waals surface area contributed by atoms with Gasteiger partial charge < -0.3 is 5.32 Å². The van der Waals surface area contributed by atoms with Gasteiger partial charge in [-0.15, -0.1) is 0 Å². The van der Waals surface area contributed by atoms with Crippen molar-refractivity contribution in [2.45, 2.75) is 42.9 Å². The van der Waals surface area contributed by atoms with Gasteiger partial charge in [0.1, 0.15) is 12.1 Å². The molecule has 0 saturated heterocycles. The van der Waals surface area contributed by atoms with Gasteiger partial charge >= 0.3 is 0 Å². The van der Waals surface area contributed by atoms with E-state index >= 15 is 0 Å². The Balaban J connectivity index is 2.05. The van der Waals surface area contributed by atoms with E-state index in [0.29, 0.717) is 16.6 Å². The first kappa shape index (κ1) is 14.0. The highest BCUT2D eigenvalue weighted by Crippen LogP contribution is 2.27. The van der Waals surface area contributed by atoms with Crippen LogP contribution in [0.1, 0.15) is 26.3 Å². The van der Waals surface area contributed by atoms with Crippen LogP contribution >= 0.6 is 11.8 Å². The SMILES string of the molecule is CC(C)(C)NCc1ccc(Sc2ncn[nH]2)c(F)c1. The molecule has 0 amide bonds. The second kappa shape index (κ2) is 5.71. The van der Waals surface area contributed by atoms with E-state index in [2.05, 4.69) is 41.3 Å². The summed E-state index contributed by atoms with van der Waals surface area (Å²) in [6, 6.07) is 5.24. The summed E-state index contributed by atoms with van der Waals surface area (Å²) in [5.41, 5.74) is 0.943. The average Bonchev–Trinajstić information content (AvgIpc) is 2.81. The second-order valence-electron chi connectivity index (χ2n) is 5.26. The van der Waals surface area contributed by atoms with Crippen molar-refractivity contribution in [3.8, 4) is 0 Å². The number of rotatable bonds is 4. The highest BCUT2D eigenvalue weighted by Gasteiger charge is 2.11. The lowest BCUT2D eigenvalue weighted by Crippen LogP contribution is -2.35. The van der Waals surface area contributed by atoms with Gasteiger partial charge in [0.25, 0.3) is 0 Å². The Hall–Kier alpha value is -1.40. The van der Waals surface area contributed by atoms with Crippen LogP contribution in [-0.2, 0) is 6.54 Å². The van der Waals surface area contributed by atoms with E-state index in [4.69, 9.17) is 0 Å². The number of nitrogens with one attached hydrogen (secondary N) is 2. The van der Waals surface area contributed by atoms with Gasteiger partial charge in [0.05, 0.1) is 4.90 Å². The summed E-state index contributed by atoms with van der Waals surface area (Å²) in [6.07, 6.45) is 1.40. The molecule has 4 nitrogen and oxygen atoms in total. The quantitative estimate of drug-likeness (QED) is 0.904. The van der Waals surface area contributed by atoms with Gasteiger partial charge in [-0.2, -0.15) is 5.10 Å². The number of aromatic nitrogens is 3. The van der Waals surface area contributed by atoms with Gasteiger partial charge in [0.15, 0.2) is 5.16 Å². The minimum Gasteiger partial charge on any atom is -0.308 e. The van der Waals surface area contributed by atoms with Crippen molar-refractivity contribution in [3.05, 3.63) is 35.9 Å². The van der Waals surface area contributed by atoms with Crippen LogP contribution in [0.4, 0.5) is 4.39 Å². The summed E-state index contributed by atoms with van der Waals surface area (Å²) >= 11 is 1.23. The third-order valence-electron chi connectivity index (χ3n) is 2.42. The van der Waals surface area contributed by atoms with Gasteiger partial charge in [0.2, 0.25) is 0 Å². The number of halogens is 1. The van der Waals surface area contributed by atoms with Gasteiger partial charge in [-0.25, -0.2) is 9.37 Å². The zero-order valence-electron chi connectivity index (χ0n) is 11.2. The molecule has 1 aromatic carbocycles. The standard InChI is InChI=1S/C13H17FN4S/c1-13(2,3)16-7-9-4-5-11(10(14)6-9)19-12-15-8-17-18-12/h4-6,8,16H,7H2,1-3H3,(H,15,17,18). The average molecular weight is 280 g/mol. The lowest BCUT2D eigenvalue weighted by atomic mass is 10.1. The van der Waals surface area contributed by atoms with Crippen molar-refractivity contribution in [2.75, 3.05) is 0 Å². The summed E-state index contributed by atoms with van der Waals surface area (Å²) < 4.78 is 14.0. The highest BCUT2D eigenvalue weighted by atomic mass is 32.2. The van der Waals surface area contributed by atoms with Gasteiger partial charge in [-0.1, -0.05) is 6.07 Å². The molecule has 0 saturated carbocycles. The van der Waals surface area contributed by atoms with Crippen LogP contribution in [0.25, 0.3) is 0 Å². The van der Waals surface area contributed by atoms with Crippen LogP contribution in [0.3, 0.4) is 0 Å². The molecule has 1 heterocycles. The minimum atomic E-state index is -0.241. The molecule has 2 rings (SSSR count). The lowest BCUT2D eigenvalue weighted by molar-refractivity contribution is 0.423. The van der Waals surface area contributed by atoms with E-state index in [1.807, 2.05) is 6.07 Å². The van der Waals surface area contributed by atoms with Gasteiger partial charge in [-0.3, -0.25) is 5.10 Å². The number of nitrogens with zero attached hydrogens (tertiary/aromatic N) is 2. The van der Waals surface area contributed by atoms with Crippen molar-refractivity contribution < 1.29 is 4.39 Å². The monoisotopic (exact) mass is 280 g/mol. The van der Waals surface area contributed by atoms with Crippen LogP contribution in [0.2, 0.25) is 0 Å². The molecule has 0 aliphatic heterocycles. The summed E-state index contributed by atoms with van der Waals surface area (Å²) in [4.78, 5) is 4.50.